The van der Waals surface area contributed by atoms with Gasteiger partial charge in [0.2, 0.25) is 0 Å². The third-order valence-corrected chi connectivity index (χ3v) is 1.91. The minimum atomic E-state index is -5.05. The molecule has 0 saturated heterocycles. The first kappa shape index (κ1) is 14.5. The summed E-state index contributed by atoms with van der Waals surface area (Å²) in [5.41, 5.74) is 0. The lowest BCUT2D eigenvalue weighted by atomic mass is 11.2. The standard InChI is InChI=1S/C2H3F.H4O7P2/c1-2-3;1-8(2,3)7-9(4,5)6/h2H,1H2;(H2,1,2,3)(H2,4,5,6). The van der Waals surface area contributed by atoms with Gasteiger partial charge in [0.1, 0.15) is 0 Å². The van der Waals surface area contributed by atoms with Gasteiger partial charge in [0.05, 0.1) is 6.33 Å². The lowest BCUT2D eigenvalue weighted by Gasteiger charge is -2.03. The fraction of sp³-hybridized carbons (Fsp3) is 0. The van der Waals surface area contributed by atoms with Crippen LogP contribution in [0.3, 0.4) is 0 Å². The number of hydrogen-bond acceptors (Lipinski definition) is 3. The topological polar surface area (TPSA) is 124 Å². The Bertz CT molecular complexity index is 193. The fourth-order valence-electron chi connectivity index (χ4n) is 0.139. The second-order valence-electron chi connectivity index (χ2n) is 1.22. The molecule has 0 heterocycles. The van der Waals surface area contributed by atoms with Gasteiger partial charge >= 0.3 is 15.6 Å². The molecule has 0 aromatic rings. The van der Waals surface area contributed by atoms with Gasteiger partial charge in [0, 0.05) is 0 Å². The van der Waals surface area contributed by atoms with Crippen LogP contribution in [0.25, 0.3) is 0 Å². The molecule has 0 bridgehead atoms. The van der Waals surface area contributed by atoms with Crippen molar-refractivity contribution in [3.63, 3.8) is 0 Å². The molecule has 0 aromatic heterocycles. The van der Waals surface area contributed by atoms with Gasteiger partial charge < -0.3 is 19.6 Å². The smallest absolute Gasteiger partial charge is 0.302 e. The summed E-state index contributed by atoms with van der Waals surface area (Å²) in [6.45, 7) is 2.69. The summed E-state index contributed by atoms with van der Waals surface area (Å²) < 4.78 is 32.3. The highest BCUT2D eigenvalue weighted by Gasteiger charge is 2.27. The Hall–Kier alpha value is -0.0700. The quantitative estimate of drug-likeness (QED) is 0.496. The number of halogens is 1. The zero-order valence-electron chi connectivity index (χ0n) is 5.57. The van der Waals surface area contributed by atoms with Gasteiger partial charge in [-0.3, -0.25) is 0 Å². The summed E-state index contributed by atoms with van der Waals surface area (Å²) in [6.07, 6.45) is 0.250. The lowest BCUT2D eigenvalue weighted by Crippen LogP contribution is -1.84. The van der Waals surface area contributed by atoms with E-state index in [1.807, 2.05) is 0 Å². The highest BCUT2D eigenvalue weighted by atomic mass is 31.3. The Morgan fingerprint density at radius 1 is 1.17 bits per heavy atom. The van der Waals surface area contributed by atoms with Crippen molar-refractivity contribution >= 4 is 15.6 Å². The van der Waals surface area contributed by atoms with E-state index < -0.39 is 15.6 Å². The van der Waals surface area contributed by atoms with E-state index in [2.05, 4.69) is 10.9 Å². The highest BCUT2D eigenvalue weighted by molar-refractivity contribution is 7.60. The van der Waals surface area contributed by atoms with Crippen molar-refractivity contribution in [2.24, 2.45) is 0 Å². The number of phosphoric acid groups is 2. The second-order valence-corrected chi connectivity index (χ2v) is 3.83. The molecule has 0 radical (unpaired) electrons. The van der Waals surface area contributed by atoms with Crippen molar-refractivity contribution in [1.82, 2.24) is 0 Å². The van der Waals surface area contributed by atoms with Gasteiger partial charge in [-0.25, -0.2) is 13.5 Å². The lowest BCUT2D eigenvalue weighted by molar-refractivity contribution is 0.225. The van der Waals surface area contributed by atoms with E-state index in [-0.39, 0.29) is 6.33 Å². The van der Waals surface area contributed by atoms with Crippen LogP contribution in [-0.4, -0.2) is 19.6 Å². The van der Waals surface area contributed by atoms with Crippen molar-refractivity contribution in [3.8, 4) is 0 Å². The summed E-state index contributed by atoms with van der Waals surface area (Å²) in [5, 5.41) is 0. The predicted octanol–water partition coefficient (Wildman–Crippen LogP) is 0.288. The Morgan fingerprint density at radius 2 is 1.33 bits per heavy atom. The van der Waals surface area contributed by atoms with Crippen LogP contribution >= 0.6 is 15.6 Å². The molecule has 10 heteroatoms. The van der Waals surface area contributed by atoms with Crippen LogP contribution in [-0.2, 0) is 13.4 Å². The van der Waals surface area contributed by atoms with Gasteiger partial charge in [-0.15, -0.1) is 0 Å². The third kappa shape index (κ3) is 22.5. The van der Waals surface area contributed by atoms with E-state index in [0.717, 1.165) is 0 Å². The zero-order valence-corrected chi connectivity index (χ0v) is 7.36. The molecule has 0 spiro atoms. The average Bonchev–Trinajstić information content (AvgIpc) is 1.53. The molecule has 0 aliphatic carbocycles. The molecule has 0 aliphatic heterocycles. The normalized spacial score (nSPS) is 11.4. The van der Waals surface area contributed by atoms with Crippen LogP contribution in [0, 0.1) is 0 Å². The van der Waals surface area contributed by atoms with Crippen LogP contribution in [0.4, 0.5) is 4.39 Å². The Kier molecular flexibility index (Phi) is 6.69. The van der Waals surface area contributed by atoms with Crippen LogP contribution in [0.15, 0.2) is 12.9 Å². The van der Waals surface area contributed by atoms with E-state index in [1.54, 1.807) is 0 Å². The fourth-order valence-corrected chi connectivity index (χ4v) is 1.25. The molecular weight excluding hydrogens is 217 g/mol. The van der Waals surface area contributed by atoms with Gasteiger partial charge in [-0.2, -0.15) is 4.31 Å². The maximum absolute atomic E-state index is 10.1. The zero-order chi connectivity index (χ0) is 10.4. The van der Waals surface area contributed by atoms with Crippen molar-refractivity contribution in [2.75, 3.05) is 0 Å². The Morgan fingerprint density at radius 3 is 1.33 bits per heavy atom. The largest absolute Gasteiger partial charge is 0.478 e. The Labute approximate surface area is 67.0 Å². The maximum Gasteiger partial charge on any atom is 0.478 e. The average molecular weight is 224 g/mol. The van der Waals surface area contributed by atoms with Crippen LogP contribution < -0.4 is 0 Å². The molecule has 12 heavy (non-hydrogen) atoms. The van der Waals surface area contributed by atoms with E-state index >= 15 is 0 Å². The summed E-state index contributed by atoms with van der Waals surface area (Å²) in [7, 11) is -10.1. The maximum atomic E-state index is 10.1. The first-order chi connectivity index (χ1) is 5.12. The van der Waals surface area contributed by atoms with Crippen molar-refractivity contribution < 1.29 is 37.4 Å². The molecular formula is C2H7FO7P2. The number of rotatable bonds is 2. The van der Waals surface area contributed by atoms with Crippen LogP contribution in [0.1, 0.15) is 0 Å². The second kappa shape index (κ2) is 5.55. The van der Waals surface area contributed by atoms with Gasteiger partial charge in [0.15, 0.2) is 0 Å². The number of hydrogen-bond donors (Lipinski definition) is 4. The molecule has 0 fully saturated rings. The molecule has 0 amide bonds. The molecule has 7 nitrogen and oxygen atoms in total. The van der Waals surface area contributed by atoms with Gasteiger partial charge in [0.25, 0.3) is 0 Å². The molecule has 74 valence electrons. The molecule has 0 rings (SSSR count). The predicted molar refractivity (Wildman–Crippen MR) is 36.5 cm³/mol. The summed E-state index contributed by atoms with van der Waals surface area (Å²) in [5.74, 6) is 0. The SMILES string of the molecule is C=CF.O=P(O)(O)OP(=O)(O)O. The van der Waals surface area contributed by atoms with Crippen LogP contribution in [0.2, 0.25) is 0 Å². The molecule has 4 N–H and O–H groups in total. The molecule has 0 aliphatic rings. The minimum Gasteiger partial charge on any atom is -0.302 e. The summed E-state index contributed by atoms with van der Waals surface area (Å²) in [4.78, 5) is 31.0. The third-order valence-electron chi connectivity index (χ3n) is 0.213. The van der Waals surface area contributed by atoms with Crippen molar-refractivity contribution in [3.05, 3.63) is 12.9 Å². The molecule has 0 atom stereocenters. The monoisotopic (exact) mass is 224 g/mol. The van der Waals surface area contributed by atoms with Crippen molar-refractivity contribution in [1.29, 1.82) is 0 Å². The Balaban J connectivity index is 0. The van der Waals surface area contributed by atoms with Gasteiger partial charge in [-0.1, -0.05) is 6.58 Å². The summed E-state index contributed by atoms with van der Waals surface area (Å²) >= 11 is 0. The van der Waals surface area contributed by atoms with E-state index in [0.29, 0.717) is 0 Å². The molecule has 0 aromatic carbocycles. The summed E-state index contributed by atoms with van der Waals surface area (Å²) in [6, 6.07) is 0. The first-order valence-electron chi connectivity index (χ1n) is 2.16. The van der Waals surface area contributed by atoms with Crippen LogP contribution in [0.5, 0.6) is 0 Å². The van der Waals surface area contributed by atoms with Crippen molar-refractivity contribution in [2.45, 2.75) is 0 Å². The highest BCUT2D eigenvalue weighted by Crippen LogP contribution is 2.53. The minimum absolute atomic E-state index is 0.250. The first-order valence-corrected chi connectivity index (χ1v) is 5.22. The molecule has 0 unspecified atom stereocenters. The van der Waals surface area contributed by atoms with E-state index in [4.69, 9.17) is 19.6 Å². The molecule has 0 saturated carbocycles. The van der Waals surface area contributed by atoms with E-state index in [1.165, 1.54) is 0 Å². The van der Waals surface area contributed by atoms with Gasteiger partial charge in [-0.05, 0) is 0 Å². The van der Waals surface area contributed by atoms with E-state index in [9.17, 15) is 13.5 Å².